The van der Waals surface area contributed by atoms with Gasteiger partial charge in [0.05, 0.1) is 14.2 Å². The number of methoxy groups -OCH3 is 2. The molecule has 1 N–H and O–H groups in total. The molecule has 3 rings (SSSR count). The van der Waals surface area contributed by atoms with E-state index in [4.69, 9.17) is 21.7 Å². The summed E-state index contributed by atoms with van der Waals surface area (Å²) in [6, 6.07) is 13.9. The Balaban J connectivity index is 1.60. The Morgan fingerprint density at radius 3 is 2.65 bits per heavy atom. The van der Waals surface area contributed by atoms with Crippen LogP contribution in [0.3, 0.4) is 0 Å². The first kappa shape index (κ1) is 22.6. The van der Waals surface area contributed by atoms with Gasteiger partial charge in [0.2, 0.25) is 5.91 Å². The van der Waals surface area contributed by atoms with Gasteiger partial charge >= 0.3 is 0 Å². The molecule has 2 aromatic carbocycles. The summed E-state index contributed by atoms with van der Waals surface area (Å²) in [5, 5.41) is 7.20. The molecule has 0 bridgehead atoms. The molecular weight excluding hydrogens is 412 g/mol. The van der Waals surface area contributed by atoms with Crippen molar-refractivity contribution in [3.8, 4) is 22.9 Å². The fourth-order valence-corrected chi connectivity index (χ4v) is 3.61. The zero-order valence-electron chi connectivity index (χ0n) is 18.3. The third-order valence-corrected chi connectivity index (χ3v) is 5.51. The van der Waals surface area contributed by atoms with Crippen molar-refractivity contribution in [2.75, 3.05) is 27.8 Å². The molecule has 0 unspecified atom stereocenters. The van der Waals surface area contributed by atoms with Gasteiger partial charge in [-0.15, -0.1) is 0 Å². The molecule has 0 radical (unpaired) electrons. The molecular formula is C23H28N4O3S. The van der Waals surface area contributed by atoms with E-state index in [-0.39, 0.29) is 5.91 Å². The zero-order valence-corrected chi connectivity index (χ0v) is 19.2. The number of nitrogens with zero attached hydrogens (tertiary/aromatic N) is 3. The van der Waals surface area contributed by atoms with Crippen LogP contribution in [0.4, 0.5) is 0 Å². The number of nitrogens with one attached hydrogen (secondary N) is 1. The number of carbonyl (C=O) groups is 1. The number of amides is 1. The predicted octanol–water partition coefficient (Wildman–Crippen LogP) is 4.02. The van der Waals surface area contributed by atoms with Crippen LogP contribution in [0.2, 0.25) is 0 Å². The molecule has 8 heteroatoms. The summed E-state index contributed by atoms with van der Waals surface area (Å²) in [5.74, 6) is 2.18. The minimum Gasteiger partial charge on any atom is -0.493 e. The quantitative estimate of drug-likeness (QED) is 0.509. The highest BCUT2D eigenvalue weighted by Gasteiger charge is 2.14. The molecule has 7 nitrogen and oxygen atoms in total. The number of ether oxygens (including phenoxy) is 2. The second-order valence-electron chi connectivity index (χ2n) is 7.38. The molecule has 0 fully saturated rings. The van der Waals surface area contributed by atoms with Crippen molar-refractivity contribution in [1.29, 1.82) is 0 Å². The predicted molar refractivity (Wildman–Crippen MR) is 123 cm³/mol. The minimum absolute atomic E-state index is 0.0544. The van der Waals surface area contributed by atoms with Gasteiger partial charge in [-0.3, -0.25) is 14.5 Å². The number of aryl methyl sites for hydroxylation is 1. The van der Waals surface area contributed by atoms with Crippen LogP contribution >= 0.6 is 12.2 Å². The van der Waals surface area contributed by atoms with E-state index in [1.165, 1.54) is 0 Å². The second kappa shape index (κ2) is 10.3. The Hall–Kier alpha value is -3.13. The van der Waals surface area contributed by atoms with Crippen molar-refractivity contribution >= 4 is 18.1 Å². The number of H-pyrrole nitrogens is 1. The van der Waals surface area contributed by atoms with Crippen LogP contribution in [0.15, 0.2) is 42.5 Å². The van der Waals surface area contributed by atoms with Crippen LogP contribution in [0.1, 0.15) is 17.5 Å². The van der Waals surface area contributed by atoms with Gasteiger partial charge < -0.3 is 14.4 Å². The first-order valence-electron chi connectivity index (χ1n) is 10.1. The molecule has 1 aromatic heterocycles. The number of likely N-dealkylation sites (N-methyl/N-ethyl adjacent to an activating group) is 1. The average molecular weight is 441 g/mol. The van der Waals surface area contributed by atoms with Crippen LogP contribution in [0, 0.1) is 11.7 Å². The molecule has 0 aliphatic heterocycles. The minimum atomic E-state index is 0.0544. The third-order valence-electron chi connectivity index (χ3n) is 5.19. The Kier molecular flexibility index (Phi) is 7.46. The lowest BCUT2D eigenvalue weighted by molar-refractivity contribution is -0.130. The third kappa shape index (κ3) is 5.52. The van der Waals surface area contributed by atoms with Crippen LogP contribution in [0.5, 0.6) is 11.5 Å². The number of hydrogen-bond acceptors (Lipinski definition) is 5. The SMILES string of the molecule is COc1ccc(CCN(C)C(=O)CCn2c(-c3cccc(C)c3)n[nH]c2=S)cc1OC. The van der Waals surface area contributed by atoms with Crippen molar-refractivity contribution < 1.29 is 14.3 Å². The maximum absolute atomic E-state index is 12.7. The van der Waals surface area contributed by atoms with Gasteiger partial charge in [-0.1, -0.05) is 29.8 Å². The summed E-state index contributed by atoms with van der Waals surface area (Å²) in [6.45, 7) is 3.11. The first-order valence-corrected chi connectivity index (χ1v) is 10.5. The molecule has 0 aliphatic rings. The van der Waals surface area contributed by atoms with Crippen molar-refractivity contribution in [3.63, 3.8) is 0 Å². The summed E-state index contributed by atoms with van der Waals surface area (Å²) in [6.07, 6.45) is 1.07. The average Bonchev–Trinajstić information content (AvgIpc) is 3.15. The van der Waals surface area contributed by atoms with Crippen LogP contribution < -0.4 is 9.47 Å². The maximum Gasteiger partial charge on any atom is 0.224 e. The van der Waals surface area contributed by atoms with Gasteiger partial charge in [-0.05, 0) is 49.3 Å². The molecule has 3 aromatic rings. The van der Waals surface area contributed by atoms with E-state index in [2.05, 4.69) is 16.3 Å². The second-order valence-corrected chi connectivity index (χ2v) is 7.76. The smallest absolute Gasteiger partial charge is 0.224 e. The molecule has 0 saturated carbocycles. The van der Waals surface area contributed by atoms with E-state index in [1.807, 2.05) is 54.9 Å². The van der Waals surface area contributed by atoms with E-state index >= 15 is 0 Å². The molecule has 31 heavy (non-hydrogen) atoms. The standard InChI is InChI=1S/C23H28N4O3S/c1-16-6-5-7-18(14-16)22-24-25-23(31)27(22)13-11-21(28)26(2)12-10-17-8-9-19(29-3)20(15-17)30-4/h5-9,14-15H,10-13H2,1-4H3,(H,25,31). The Labute approximate surface area is 187 Å². The van der Waals surface area contributed by atoms with E-state index in [9.17, 15) is 4.79 Å². The number of carbonyl (C=O) groups excluding carboxylic acids is 1. The van der Waals surface area contributed by atoms with Crippen molar-refractivity contribution in [3.05, 3.63) is 58.4 Å². The van der Waals surface area contributed by atoms with E-state index < -0.39 is 0 Å². The van der Waals surface area contributed by atoms with Gasteiger partial charge in [-0.25, -0.2) is 0 Å². The van der Waals surface area contributed by atoms with Gasteiger partial charge in [-0.2, -0.15) is 5.10 Å². The Morgan fingerprint density at radius 1 is 1.16 bits per heavy atom. The van der Waals surface area contributed by atoms with Gasteiger partial charge in [0, 0.05) is 32.1 Å². The summed E-state index contributed by atoms with van der Waals surface area (Å²) in [7, 11) is 5.04. The summed E-state index contributed by atoms with van der Waals surface area (Å²) in [5.41, 5.74) is 3.20. The molecule has 0 saturated heterocycles. The lowest BCUT2D eigenvalue weighted by Gasteiger charge is -2.18. The summed E-state index contributed by atoms with van der Waals surface area (Å²) < 4.78 is 13.0. The van der Waals surface area contributed by atoms with Crippen molar-refractivity contribution in [2.24, 2.45) is 0 Å². The van der Waals surface area contributed by atoms with Crippen LogP contribution in [-0.4, -0.2) is 53.4 Å². The number of rotatable bonds is 9. The van der Waals surface area contributed by atoms with Crippen LogP contribution in [0.25, 0.3) is 11.4 Å². The normalized spacial score (nSPS) is 10.7. The monoisotopic (exact) mass is 440 g/mol. The number of aromatic amines is 1. The van der Waals surface area contributed by atoms with E-state index in [0.717, 1.165) is 28.9 Å². The van der Waals surface area contributed by atoms with Gasteiger partial charge in [0.1, 0.15) is 0 Å². The fraction of sp³-hybridized carbons (Fsp3) is 0.348. The molecule has 0 aliphatic carbocycles. The lowest BCUT2D eigenvalue weighted by atomic mass is 10.1. The summed E-state index contributed by atoms with van der Waals surface area (Å²) in [4.78, 5) is 14.4. The number of hydrogen-bond donors (Lipinski definition) is 1. The highest BCUT2D eigenvalue weighted by molar-refractivity contribution is 7.71. The topological polar surface area (TPSA) is 72.4 Å². The van der Waals surface area contributed by atoms with E-state index in [0.29, 0.717) is 35.8 Å². The van der Waals surface area contributed by atoms with Crippen molar-refractivity contribution in [2.45, 2.75) is 26.3 Å². The zero-order chi connectivity index (χ0) is 22.4. The maximum atomic E-state index is 12.7. The summed E-state index contributed by atoms with van der Waals surface area (Å²) >= 11 is 5.38. The molecule has 0 spiro atoms. The van der Waals surface area contributed by atoms with Gasteiger partial charge in [0.15, 0.2) is 22.1 Å². The first-order chi connectivity index (χ1) is 14.9. The Morgan fingerprint density at radius 2 is 1.94 bits per heavy atom. The van der Waals surface area contributed by atoms with E-state index in [1.54, 1.807) is 19.1 Å². The van der Waals surface area contributed by atoms with Gasteiger partial charge in [0.25, 0.3) is 0 Å². The largest absolute Gasteiger partial charge is 0.493 e. The molecule has 1 heterocycles. The Bertz CT molecular complexity index is 1110. The molecule has 164 valence electrons. The van der Waals surface area contributed by atoms with Crippen molar-refractivity contribution in [1.82, 2.24) is 19.7 Å². The molecule has 1 amide bonds. The van der Waals surface area contributed by atoms with Crippen LogP contribution in [-0.2, 0) is 17.8 Å². The highest BCUT2D eigenvalue weighted by Crippen LogP contribution is 2.27. The fourth-order valence-electron chi connectivity index (χ4n) is 3.39. The lowest BCUT2D eigenvalue weighted by Crippen LogP contribution is -2.29. The number of aromatic nitrogens is 3. The highest BCUT2D eigenvalue weighted by atomic mass is 32.1. The number of benzene rings is 2. The molecule has 0 atom stereocenters.